The molecule has 2 aromatic carbocycles. The third kappa shape index (κ3) is 4.44. The maximum absolute atomic E-state index is 14.0. The van der Waals surface area contributed by atoms with Crippen LogP contribution in [0.15, 0.2) is 46.2 Å². The molecular weight excluding hydrogens is 450 g/mol. The largest absolute Gasteiger partial charge is 0.279 e. The van der Waals surface area contributed by atoms with E-state index in [0.29, 0.717) is 13.1 Å². The number of hydrogen-bond acceptors (Lipinski definition) is 4. The summed E-state index contributed by atoms with van der Waals surface area (Å²) >= 11 is 11.7. The maximum Gasteiger partial charge on any atom is 0.264 e. The molecule has 0 aromatic heterocycles. The van der Waals surface area contributed by atoms with Gasteiger partial charge in [-0.05, 0) is 49.2 Å². The lowest BCUT2D eigenvalue weighted by Gasteiger charge is -2.26. The summed E-state index contributed by atoms with van der Waals surface area (Å²) in [5.74, 6) is -1.02. The van der Waals surface area contributed by atoms with Gasteiger partial charge in [0.2, 0.25) is 10.0 Å². The normalized spacial score (nSPS) is 16.1. The van der Waals surface area contributed by atoms with Crippen molar-refractivity contribution in [2.24, 2.45) is 0 Å². The van der Waals surface area contributed by atoms with Gasteiger partial charge < -0.3 is 0 Å². The Balaban J connectivity index is 1.95. The summed E-state index contributed by atoms with van der Waals surface area (Å²) in [5, 5.41) is 0.0315. The number of anilines is 1. The van der Waals surface area contributed by atoms with E-state index < -0.39 is 30.8 Å². The lowest BCUT2D eigenvalue weighted by molar-refractivity contribution is 0.346. The summed E-state index contributed by atoms with van der Waals surface area (Å²) < 4.78 is 68.3. The average molecular weight is 467 g/mol. The lowest BCUT2D eigenvalue weighted by Crippen LogP contribution is -2.35. The van der Waals surface area contributed by atoms with Crippen molar-refractivity contribution in [3.05, 3.63) is 52.3 Å². The fourth-order valence-corrected chi connectivity index (χ4v) is 6.20. The number of rotatable bonds is 5. The van der Waals surface area contributed by atoms with Gasteiger partial charge in [-0.3, -0.25) is 4.72 Å². The molecule has 0 saturated carbocycles. The van der Waals surface area contributed by atoms with Crippen molar-refractivity contribution in [3.63, 3.8) is 0 Å². The number of hydrogen-bond donors (Lipinski definition) is 1. The Labute approximate surface area is 173 Å². The van der Waals surface area contributed by atoms with E-state index in [1.54, 1.807) is 0 Å². The molecule has 152 valence electrons. The average Bonchev–Trinajstić information content (AvgIpc) is 2.63. The van der Waals surface area contributed by atoms with Crippen molar-refractivity contribution < 1.29 is 21.2 Å². The number of benzene rings is 2. The molecule has 1 fully saturated rings. The van der Waals surface area contributed by atoms with Crippen LogP contribution in [0.3, 0.4) is 0 Å². The molecule has 1 aliphatic heterocycles. The van der Waals surface area contributed by atoms with E-state index in [4.69, 9.17) is 23.2 Å². The topological polar surface area (TPSA) is 83.5 Å². The molecule has 0 aliphatic carbocycles. The van der Waals surface area contributed by atoms with E-state index in [0.717, 1.165) is 37.5 Å². The van der Waals surface area contributed by atoms with Gasteiger partial charge in [0.15, 0.2) is 0 Å². The van der Waals surface area contributed by atoms with E-state index in [2.05, 4.69) is 4.72 Å². The van der Waals surface area contributed by atoms with Crippen molar-refractivity contribution >= 4 is 48.9 Å². The van der Waals surface area contributed by atoms with Gasteiger partial charge in [-0.15, -0.1) is 0 Å². The fourth-order valence-electron chi connectivity index (χ4n) is 2.91. The molecule has 1 heterocycles. The van der Waals surface area contributed by atoms with E-state index in [9.17, 15) is 21.2 Å². The van der Waals surface area contributed by atoms with Crippen LogP contribution in [0, 0.1) is 5.82 Å². The van der Waals surface area contributed by atoms with Gasteiger partial charge in [-0.25, -0.2) is 21.2 Å². The Kier molecular flexibility index (Phi) is 6.21. The minimum Gasteiger partial charge on any atom is -0.279 e. The van der Waals surface area contributed by atoms with Gasteiger partial charge in [0.05, 0.1) is 10.7 Å². The van der Waals surface area contributed by atoms with E-state index >= 15 is 0 Å². The third-order valence-corrected chi connectivity index (χ3v) is 8.33. The second kappa shape index (κ2) is 8.16. The molecule has 0 atom stereocenters. The van der Waals surface area contributed by atoms with Crippen molar-refractivity contribution in [2.75, 3.05) is 17.8 Å². The summed E-state index contributed by atoms with van der Waals surface area (Å²) in [6.45, 7) is 0.759. The van der Waals surface area contributed by atoms with E-state index in [1.165, 1.54) is 22.5 Å². The highest BCUT2D eigenvalue weighted by Crippen LogP contribution is 2.30. The number of nitrogens with one attached hydrogen (secondary N) is 1. The van der Waals surface area contributed by atoms with Crippen molar-refractivity contribution in [1.82, 2.24) is 4.31 Å². The lowest BCUT2D eigenvalue weighted by atomic mass is 10.2. The highest BCUT2D eigenvalue weighted by atomic mass is 35.5. The van der Waals surface area contributed by atoms with Gasteiger partial charge in [0.25, 0.3) is 10.0 Å². The number of nitrogens with zero attached hydrogens (tertiary/aromatic N) is 1. The molecular formula is C17H17Cl2FN2O4S2. The Bertz CT molecular complexity index is 1100. The first-order valence-electron chi connectivity index (χ1n) is 8.39. The number of sulfonamides is 2. The molecule has 0 bridgehead atoms. The molecule has 0 amide bonds. The predicted octanol–water partition coefficient (Wildman–Crippen LogP) is 4.11. The van der Waals surface area contributed by atoms with Gasteiger partial charge in [-0.2, -0.15) is 4.31 Å². The molecule has 1 aliphatic rings. The third-order valence-electron chi connectivity index (χ3n) is 4.30. The first kappa shape index (κ1) is 21.3. The van der Waals surface area contributed by atoms with Crippen LogP contribution >= 0.6 is 23.2 Å². The summed E-state index contributed by atoms with van der Waals surface area (Å²) in [6.07, 6.45) is 2.45. The molecule has 28 heavy (non-hydrogen) atoms. The summed E-state index contributed by atoms with van der Waals surface area (Å²) in [6, 6.07) is 6.88. The molecule has 0 unspecified atom stereocenters. The minimum atomic E-state index is -4.30. The number of piperidine rings is 1. The highest BCUT2D eigenvalue weighted by molar-refractivity contribution is 7.92. The van der Waals surface area contributed by atoms with Crippen molar-refractivity contribution in [1.29, 1.82) is 0 Å². The van der Waals surface area contributed by atoms with Gasteiger partial charge in [0, 0.05) is 18.1 Å². The quantitative estimate of drug-likeness (QED) is 0.718. The second-order valence-corrected chi connectivity index (χ2v) is 10.7. The first-order chi connectivity index (χ1) is 13.1. The predicted molar refractivity (Wildman–Crippen MR) is 106 cm³/mol. The highest BCUT2D eigenvalue weighted by Gasteiger charge is 2.29. The van der Waals surface area contributed by atoms with Crippen LogP contribution < -0.4 is 4.72 Å². The zero-order valence-corrected chi connectivity index (χ0v) is 17.7. The Morgan fingerprint density at radius 2 is 1.57 bits per heavy atom. The second-order valence-electron chi connectivity index (χ2n) is 6.29. The minimum absolute atomic E-state index is 0.0220. The Morgan fingerprint density at radius 3 is 2.21 bits per heavy atom. The van der Waals surface area contributed by atoms with Crippen LogP contribution in [-0.2, 0) is 20.0 Å². The first-order valence-corrected chi connectivity index (χ1v) is 12.1. The van der Waals surface area contributed by atoms with Gasteiger partial charge in [0.1, 0.15) is 15.6 Å². The molecule has 6 nitrogen and oxygen atoms in total. The van der Waals surface area contributed by atoms with Crippen molar-refractivity contribution in [2.45, 2.75) is 29.1 Å². The molecule has 1 N–H and O–H groups in total. The van der Waals surface area contributed by atoms with Crippen LogP contribution in [-0.4, -0.2) is 34.2 Å². The SMILES string of the molecule is O=S(=O)(Nc1ccc(Cl)c(S(=O)(=O)N2CCCCC2)c1)c1ccc(Cl)cc1F. The zero-order valence-electron chi connectivity index (χ0n) is 14.5. The molecule has 1 saturated heterocycles. The molecule has 0 radical (unpaired) electrons. The fraction of sp³-hybridized carbons (Fsp3) is 0.294. The molecule has 11 heteroatoms. The van der Waals surface area contributed by atoms with Gasteiger partial charge in [-0.1, -0.05) is 29.6 Å². The summed E-state index contributed by atoms with van der Waals surface area (Å²) in [7, 11) is -8.17. The smallest absolute Gasteiger partial charge is 0.264 e. The van der Waals surface area contributed by atoms with Crippen LogP contribution in [0.25, 0.3) is 0 Å². The van der Waals surface area contributed by atoms with E-state index in [-0.39, 0.29) is 20.6 Å². The van der Waals surface area contributed by atoms with Gasteiger partial charge >= 0.3 is 0 Å². The molecule has 0 spiro atoms. The van der Waals surface area contributed by atoms with Crippen LogP contribution in [0.1, 0.15) is 19.3 Å². The summed E-state index contributed by atoms with van der Waals surface area (Å²) in [5.41, 5.74) is -0.0469. The maximum atomic E-state index is 14.0. The Morgan fingerprint density at radius 1 is 0.893 bits per heavy atom. The monoisotopic (exact) mass is 466 g/mol. The zero-order chi connectivity index (χ0) is 20.5. The number of halogens is 3. The molecule has 3 rings (SSSR count). The summed E-state index contributed by atoms with van der Waals surface area (Å²) in [4.78, 5) is -0.805. The van der Waals surface area contributed by atoms with E-state index in [1.807, 2.05) is 0 Å². The Hall–Kier alpha value is -1.39. The van der Waals surface area contributed by atoms with Crippen LogP contribution in [0.5, 0.6) is 0 Å². The van der Waals surface area contributed by atoms with Crippen LogP contribution in [0.4, 0.5) is 10.1 Å². The standard InChI is InChI=1S/C17H17Cl2FN2O4S2/c18-12-4-7-16(15(20)10-12)27(23,24)21-13-5-6-14(19)17(11-13)28(25,26)22-8-2-1-3-9-22/h4-7,10-11,21H,1-3,8-9H2. The van der Waals surface area contributed by atoms with Crippen LogP contribution in [0.2, 0.25) is 10.0 Å². The molecule has 2 aromatic rings. The van der Waals surface area contributed by atoms with Crippen molar-refractivity contribution in [3.8, 4) is 0 Å².